The number of hydrogen-bond donors (Lipinski definition) is 1. The van der Waals surface area contributed by atoms with Gasteiger partial charge in [0.15, 0.2) is 0 Å². The van der Waals surface area contributed by atoms with Gasteiger partial charge in [0, 0.05) is 35.6 Å². The first-order chi connectivity index (χ1) is 17.0. The second kappa shape index (κ2) is 9.84. The summed E-state index contributed by atoms with van der Waals surface area (Å²) >= 11 is 0. The van der Waals surface area contributed by atoms with Crippen LogP contribution in [0.25, 0.3) is 10.9 Å². The fourth-order valence-corrected chi connectivity index (χ4v) is 5.71. The van der Waals surface area contributed by atoms with Gasteiger partial charge in [0.2, 0.25) is 5.91 Å². The first kappa shape index (κ1) is 23.6. The lowest BCUT2D eigenvalue weighted by atomic mass is 9.89. The molecule has 0 spiro atoms. The van der Waals surface area contributed by atoms with Crippen LogP contribution in [0.3, 0.4) is 0 Å². The molecule has 2 aromatic carbocycles. The number of aromatic nitrogens is 1. The highest BCUT2D eigenvalue weighted by Gasteiger charge is 2.36. The van der Waals surface area contributed by atoms with Gasteiger partial charge >= 0.3 is 5.97 Å². The standard InChI is InChI=1S/C29H33FN2O3/c1-2-25(29(34)35)32-26-13-11-21(30)16-23(26)24-17-22(12-14-27(24)32)31(18-20-8-9-20)28(33)15-10-19-6-4-3-5-7-19/h3-7,11,13,16,20,22,25H,2,8-10,12,14-15,17-18H2,1H3,(H,34,35)/t22-,25?/m0/s1. The summed E-state index contributed by atoms with van der Waals surface area (Å²) in [4.78, 5) is 27.6. The maximum Gasteiger partial charge on any atom is 0.326 e. The maximum absolute atomic E-state index is 14.3. The van der Waals surface area contributed by atoms with Crippen molar-refractivity contribution < 1.29 is 19.1 Å². The molecule has 35 heavy (non-hydrogen) atoms. The Morgan fingerprint density at radius 3 is 2.60 bits per heavy atom. The maximum atomic E-state index is 14.3. The van der Waals surface area contributed by atoms with Crippen LogP contribution >= 0.6 is 0 Å². The van der Waals surface area contributed by atoms with Crippen LogP contribution in [0.2, 0.25) is 0 Å². The first-order valence-corrected chi connectivity index (χ1v) is 12.8. The zero-order valence-electron chi connectivity index (χ0n) is 20.3. The third-order valence-corrected chi connectivity index (χ3v) is 7.70. The number of nitrogens with zero attached hydrogens (tertiary/aromatic N) is 2. The minimum atomic E-state index is -0.870. The summed E-state index contributed by atoms with van der Waals surface area (Å²) in [5.41, 5.74) is 3.93. The molecule has 1 unspecified atom stereocenters. The van der Waals surface area contributed by atoms with Crippen LogP contribution in [0.1, 0.15) is 61.9 Å². The number of rotatable bonds is 9. The zero-order valence-corrected chi connectivity index (χ0v) is 20.3. The number of aliphatic carboxylic acids is 1. The van der Waals surface area contributed by atoms with Crippen molar-refractivity contribution in [2.45, 2.75) is 70.4 Å². The van der Waals surface area contributed by atoms with Crippen LogP contribution in [-0.2, 0) is 28.9 Å². The predicted octanol–water partition coefficient (Wildman–Crippen LogP) is 5.54. The first-order valence-electron chi connectivity index (χ1n) is 12.8. The molecular weight excluding hydrogens is 443 g/mol. The molecule has 0 aliphatic heterocycles. The van der Waals surface area contributed by atoms with E-state index in [0.717, 1.165) is 47.1 Å². The third kappa shape index (κ3) is 4.84. The molecule has 1 heterocycles. The van der Waals surface area contributed by atoms with Crippen molar-refractivity contribution in [3.8, 4) is 0 Å². The molecule has 0 radical (unpaired) electrons. The van der Waals surface area contributed by atoms with Gasteiger partial charge in [-0.25, -0.2) is 9.18 Å². The van der Waals surface area contributed by atoms with Gasteiger partial charge in [-0.3, -0.25) is 4.79 Å². The smallest absolute Gasteiger partial charge is 0.326 e. The Kier molecular flexibility index (Phi) is 6.63. The molecule has 1 fully saturated rings. The van der Waals surface area contributed by atoms with E-state index in [1.54, 1.807) is 6.07 Å². The summed E-state index contributed by atoms with van der Waals surface area (Å²) in [6.45, 7) is 2.66. The topological polar surface area (TPSA) is 62.5 Å². The molecule has 0 saturated heterocycles. The Hall–Kier alpha value is -3.15. The number of carboxylic acids is 1. The number of amides is 1. The highest BCUT2D eigenvalue weighted by atomic mass is 19.1. The summed E-state index contributed by atoms with van der Waals surface area (Å²) in [6, 6.07) is 14.1. The van der Waals surface area contributed by atoms with Crippen LogP contribution in [-0.4, -0.2) is 39.0 Å². The molecular formula is C29H33FN2O3. The molecule has 184 valence electrons. The van der Waals surface area contributed by atoms with Crippen molar-refractivity contribution in [3.05, 3.63) is 71.2 Å². The number of carboxylic acid groups (broad SMARTS) is 1. The molecule has 1 N–H and O–H groups in total. The molecule has 2 aliphatic rings. The van der Waals surface area contributed by atoms with E-state index in [1.165, 1.54) is 25.0 Å². The fourth-order valence-electron chi connectivity index (χ4n) is 5.71. The van der Waals surface area contributed by atoms with E-state index in [-0.39, 0.29) is 17.8 Å². The normalized spacial score (nSPS) is 18.3. The van der Waals surface area contributed by atoms with Crippen LogP contribution in [0.5, 0.6) is 0 Å². The molecule has 2 atom stereocenters. The average molecular weight is 477 g/mol. The van der Waals surface area contributed by atoms with Gasteiger partial charge in [0.1, 0.15) is 11.9 Å². The summed E-state index contributed by atoms with van der Waals surface area (Å²) in [5, 5.41) is 10.7. The van der Waals surface area contributed by atoms with Crippen molar-refractivity contribution in [2.75, 3.05) is 6.54 Å². The van der Waals surface area contributed by atoms with Crippen molar-refractivity contribution >= 4 is 22.8 Å². The van der Waals surface area contributed by atoms with Gasteiger partial charge in [-0.15, -0.1) is 0 Å². The highest BCUT2D eigenvalue weighted by molar-refractivity contribution is 5.88. The number of carbonyl (C=O) groups excluding carboxylic acids is 1. The largest absolute Gasteiger partial charge is 0.480 e. The van der Waals surface area contributed by atoms with Gasteiger partial charge in [-0.05, 0) is 80.2 Å². The quantitative estimate of drug-likeness (QED) is 0.441. The van der Waals surface area contributed by atoms with Crippen LogP contribution in [0.15, 0.2) is 48.5 Å². The Balaban J connectivity index is 1.45. The molecule has 5 nitrogen and oxygen atoms in total. The summed E-state index contributed by atoms with van der Waals surface area (Å²) in [6.07, 6.45) is 6.12. The van der Waals surface area contributed by atoms with Gasteiger partial charge in [0.05, 0.1) is 0 Å². The lowest BCUT2D eigenvalue weighted by Gasteiger charge is -2.35. The number of aryl methyl sites for hydroxylation is 1. The van der Waals surface area contributed by atoms with Gasteiger partial charge in [-0.2, -0.15) is 0 Å². The zero-order chi connectivity index (χ0) is 24.5. The number of carbonyl (C=O) groups is 2. The fraction of sp³-hybridized carbons (Fsp3) is 0.448. The highest BCUT2D eigenvalue weighted by Crippen LogP contribution is 2.38. The van der Waals surface area contributed by atoms with Crippen molar-refractivity contribution in [2.24, 2.45) is 5.92 Å². The Morgan fingerprint density at radius 2 is 1.91 bits per heavy atom. The Labute approximate surface area is 205 Å². The Bertz CT molecular complexity index is 1230. The summed E-state index contributed by atoms with van der Waals surface area (Å²) < 4.78 is 16.2. The molecule has 2 aliphatic carbocycles. The van der Waals surface area contributed by atoms with Gasteiger partial charge in [0.25, 0.3) is 0 Å². The monoisotopic (exact) mass is 476 g/mol. The number of halogens is 1. The van der Waals surface area contributed by atoms with Gasteiger partial charge < -0.3 is 14.6 Å². The summed E-state index contributed by atoms with van der Waals surface area (Å²) in [7, 11) is 0. The van der Waals surface area contributed by atoms with Crippen molar-refractivity contribution in [1.29, 1.82) is 0 Å². The van der Waals surface area contributed by atoms with E-state index < -0.39 is 12.0 Å². The molecule has 6 heteroatoms. The lowest BCUT2D eigenvalue weighted by molar-refractivity contribution is -0.141. The third-order valence-electron chi connectivity index (χ3n) is 7.70. The molecule has 5 rings (SSSR count). The van der Waals surface area contributed by atoms with Crippen molar-refractivity contribution in [1.82, 2.24) is 9.47 Å². The molecule has 0 bridgehead atoms. The molecule has 3 aromatic rings. The minimum absolute atomic E-state index is 0.0543. The van der Waals surface area contributed by atoms with E-state index in [0.29, 0.717) is 31.6 Å². The number of hydrogen-bond acceptors (Lipinski definition) is 2. The van der Waals surface area contributed by atoms with Crippen LogP contribution < -0.4 is 0 Å². The second-order valence-electron chi connectivity index (χ2n) is 10.1. The minimum Gasteiger partial charge on any atom is -0.480 e. The lowest BCUT2D eigenvalue weighted by Crippen LogP contribution is -2.45. The van der Waals surface area contributed by atoms with Crippen molar-refractivity contribution in [3.63, 3.8) is 0 Å². The molecule has 1 saturated carbocycles. The van der Waals surface area contributed by atoms with Crippen LogP contribution in [0, 0.1) is 11.7 Å². The average Bonchev–Trinajstić information content (AvgIpc) is 3.64. The number of benzene rings is 2. The molecule has 1 aromatic heterocycles. The van der Waals surface area contributed by atoms with E-state index in [2.05, 4.69) is 17.0 Å². The van der Waals surface area contributed by atoms with E-state index in [4.69, 9.17) is 0 Å². The Morgan fingerprint density at radius 1 is 1.14 bits per heavy atom. The van der Waals surface area contributed by atoms with E-state index in [9.17, 15) is 19.1 Å². The van der Waals surface area contributed by atoms with E-state index >= 15 is 0 Å². The second-order valence-corrected chi connectivity index (χ2v) is 10.1. The van der Waals surface area contributed by atoms with Crippen LogP contribution in [0.4, 0.5) is 4.39 Å². The summed E-state index contributed by atoms with van der Waals surface area (Å²) in [5.74, 6) is -0.435. The predicted molar refractivity (Wildman–Crippen MR) is 134 cm³/mol. The number of fused-ring (bicyclic) bond motifs is 3. The SMILES string of the molecule is CCC(C(=O)O)n1c2c(c3cc(F)ccc31)C[C@@H](N(CC1CC1)C(=O)CCc1ccccc1)CC2. The molecule has 1 amide bonds. The van der Waals surface area contributed by atoms with E-state index in [1.807, 2.05) is 29.7 Å². The van der Waals surface area contributed by atoms with Gasteiger partial charge in [-0.1, -0.05) is 37.3 Å².